The molecule has 0 spiro atoms. The van der Waals surface area contributed by atoms with Crippen LogP contribution in [0.2, 0.25) is 5.02 Å². The average molecular weight is 423 g/mol. The van der Waals surface area contributed by atoms with E-state index in [-0.39, 0.29) is 11.8 Å². The fraction of sp³-hybridized carbons (Fsp3) is 0.167. The fourth-order valence-corrected chi connectivity index (χ4v) is 3.07. The fourth-order valence-electron chi connectivity index (χ4n) is 2.89. The van der Waals surface area contributed by atoms with Crippen molar-refractivity contribution < 1.29 is 14.3 Å². The van der Waals surface area contributed by atoms with E-state index >= 15 is 0 Å². The van der Waals surface area contributed by atoms with Crippen LogP contribution in [0, 0.1) is 13.8 Å². The third kappa shape index (κ3) is 5.39. The van der Waals surface area contributed by atoms with Gasteiger partial charge < -0.3 is 15.4 Å². The van der Waals surface area contributed by atoms with Gasteiger partial charge in [-0.15, -0.1) is 0 Å². The topological polar surface area (TPSA) is 67.4 Å². The molecule has 0 unspecified atom stereocenters. The van der Waals surface area contributed by atoms with Gasteiger partial charge in [0.2, 0.25) is 0 Å². The minimum atomic E-state index is -0.740. The molecule has 0 aliphatic rings. The Labute approximate surface area is 181 Å². The quantitative estimate of drug-likeness (QED) is 0.542. The molecular formula is C24H23ClN2O3. The maximum Gasteiger partial charge on any atom is 0.265 e. The van der Waals surface area contributed by atoms with E-state index in [1.807, 2.05) is 32.0 Å². The zero-order valence-corrected chi connectivity index (χ0v) is 17.8. The van der Waals surface area contributed by atoms with Gasteiger partial charge in [0.05, 0.1) is 10.7 Å². The lowest BCUT2D eigenvalue weighted by atomic mass is 10.1. The molecule has 0 fully saturated rings. The molecule has 2 N–H and O–H groups in total. The molecule has 0 saturated heterocycles. The van der Waals surface area contributed by atoms with Crippen molar-refractivity contribution >= 4 is 34.8 Å². The maximum absolute atomic E-state index is 12.5. The van der Waals surface area contributed by atoms with Crippen molar-refractivity contribution in [2.75, 3.05) is 10.6 Å². The van der Waals surface area contributed by atoms with Crippen molar-refractivity contribution in [3.63, 3.8) is 0 Å². The van der Waals surface area contributed by atoms with Crippen molar-refractivity contribution in [1.29, 1.82) is 0 Å². The second-order valence-corrected chi connectivity index (χ2v) is 7.43. The largest absolute Gasteiger partial charge is 0.481 e. The van der Waals surface area contributed by atoms with E-state index in [4.69, 9.17) is 16.3 Å². The van der Waals surface area contributed by atoms with E-state index in [0.717, 1.165) is 16.8 Å². The molecule has 0 bridgehead atoms. The van der Waals surface area contributed by atoms with Gasteiger partial charge >= 0.3 is 0 Å². The van der Waals surface area contributed by atoms with Crippen LogP contribution in [-0.2, 0) is 4.79 Å². The van der Waals surface area contributed by atoms with Crippen molar-refractivity contribution in [2.45, 2.75) is 26.9 Å². The molecule has 3 aromatic carbocycles. The molecule has 0 aliphatic carbocycles. The number of rotatable bonds is 6. The van der Waals surface area contributed by atoms with Crippen LogP contribution in [0.15, 0.2) is 66.7 Å². The lowest BCUT2D eigenvalue weighted by Gasteiger charge is -2.15. The summed E-state index contributed by atoms with van der Waals surface area (Å²) < 4.78 is 5.69. The number of ether oxygens (including phenoxy) is 1. The number of hydrogen-bond acceptors (Lipinski definition) is 3. The molecular weight excluding hydrogens is 400 g/mol. The molecule has 1 atom stereocenters. The number of halogens is 1. The van der Waals surface area contributed by atoms with Gasteiger partial charge in [-0.1, -0.05) is 41.4 Å². The Morgan fingerprint density at radius 2 is 1.60 bits per heavy atom. The van der Waals surface area contributed by atoms with Gasteiger partial charge in [0.1, 0.15) is 5.75 Å². The van der Waals surface area contributed by atoms with Gasteiger partial charge in [-0.2, -0.15) is 0 Å². The van der Waals surface area contributed by atoms with E-state index in [9.17, 15) is 9.59 Å². The van der Waals surface area contributed by atoms with E-state index in [2.05, 4.69) is 10.6 Å². The van der Waals surface area contributed by atoms with Crippen LogP contribution in [0.3, 0.4) is 0 Å². The molecule has 6 heteroatoms. The molecule has 0 aliphatic heterocycles. The summed E-state index contributed by atoms with van der Waals surface area (Å²) in [5.41, 5.74) is 3.94. The highest BCUT2D eigenvalue weighted by molar-refractivity contribution is 6.33. The molecule has 30 heavy (non-hydrogen) atoms. The maximum atomic E-state index is 12.5. The first-order chi connectivity index (χ1) is 14.3. The monoisotopic (exact) mass is 422 g/mol. The Balaban J connectivity index is 1.60. The molecule has 154 valence electrons. The highest BCUT2D eigenvalue weighted by atomic mass is 35.5. The zero-order chi connectivity index (χ0) is 21.7. The van der Waals surface area contributed by atoms with Gasteiger partial charge in [-0.3, -0.25) is 9.59 Å². The average Bonchev–Trinajstić information content (AvgIpc) is 2.72. The van der Waals surface area contributed by atoms with E-state index < -0.39 is 6.10 Å². The zero-order valence-electron chi connectivity index (χ0n) is 17.0. The van der Waals surface area contributed by atoms with Gasteiger partial charge in [-0.05, 0) is 68.8 Å². The number of para-hydroxylation sites is 1. The summed E-state index contributed by atoms with van der Waals surface area (Å²) in [5, 5.41) is 6.10. The summed E-state index contributed by atoms with van der Waals surface area (Å²) in [4.78, 5) is 24.8. The van der Waals surface area contributed by atoms with Crippen LogP contribution in [0.1, 0.15) is 28.4 Å². The summed E-state index contributed by atoms with van der Waals surface area (Å²) in [6, 6.07) is 19.5. The van der Waals surface area contributed by atoms with Crippen molar-refractivity contribution in [3.8, 4) is 5.75 Å². The Bertz CT molecular complexity index is 1060. The van der Waals surface area contributed by atoms with Gasteiger partial charge in [-0.25, -0.2) is 0 Å². The Kier molecular flexibility index (Phi) is 6.75. The molecule has 3 aromatic rings. The molecule has 0 heterocycles. The van der Waals surface area contributed by atoms with Crippen molar-refractivity contribution in [1.82, 2.24) is 0 Å². The number of carbonyl (C=O) groups is 2. The van der Waals surface area contributed by atoms with Gasteiger partial charge in [0.25, 0.3) is 11.8 Å². The van der Waals surface area contributed by atoms with E-state index in [1.165, 1.54) is 0 Å². The number of benzene rings is 3. The number of aryl methyl sites for hydroxylation is 2. The smallest absolute Gasteiger partial charge is 0.265 e. The summed E-state index contributed by atoms with van der Waals surface area (Å²) >= 11 is 6.06. The number of amides is 2. The van der Waals surface area contributed by atoms with Crippen LogP contribution in [-0.4, -0.2) is 17.9 Å². The van der Waals surface area contributed by atoms with Crippen molar-refractivity contribution in [2.24, 2.45) is 0 Å². The van der Waals surface area contributed by atoms with Crippen LogP contribution in [0.4, 0.5) is 11.4 Å². The van der Waals surface area contributed by atoms with E-state index in [1.54, 1.807) is 55.5 Å². The highest BCUT2D eigenvalue weighted by Crippen LogP contribution is 2.22. The molecule has 0 aromatic heterocycles. The number of hydrogen-bond donors (Lipinski definition) is 2. The first-order valence-electron chi connectivity index (χ1n) is 9.54. The van der Waals surface area contributed by atoms with Gasteiger partial charge in [0, 0.05) is 11.3 Å². The third-order valence-corrected chi connectivity index (χ3v) is 4.89. The standard InChI is InChI=1S/C24H23ClN2O3/c1-15-8-13-21(16(2)14-15)26-24(29)18-9-11-19(12-10-18)30-17(3)23(28)27-22-7-5-4-6-20(22)25/h4-14,17H,1-3H3,(H,26,29)(H,27,28)/t17-/m0/s1. The second-order valence-electron chi connectivity index (χ2n) is 7.03. The molecule has 0 saturated carbocycles. The van der Waals surface area contributed by atoms with Gasteiger partial charge in [0.15, 0.2) is 6.10 Å². The molecule has 3 rings (SSSR count). The second kappa shape index (κ2) is 9.46. The lowest BCUT2D eigenvalue weighted by Crippen LogP contribution is -2.30. The SMILES string of the molecule is Cc1ccc(NC(=O)c2ccc(O[C@@H](C)C(=O)Nc3ccccc3Cl)cc2)c(C)c1. The predicted octanol–water partition coefficient (Wildman–Crippen LogP) is 5.62. The molecule has 2 amide bonds. The van der Waals surface area contributed by atoms with Crippen molar-refractivity contribution in [3.05, 3.63) is 88.4 Å². The Morgan fingerprint density at radius 3 is 2.27 bits per heavy atom. The summed E-state index contributed by atoms with van der Waals surface area (Å²) in [7, 11) is 0. The minimum Gasteiger partial charge on any atom is -0.481 e. The third-order valence-electron chi connectivity index (χ3n) is 4.56. The Hall–Kier alpha value is -3.31. The number of nitrogens with one attached hydrogen (secondary N) is 2. The summed E-state index contributed by atoms with van der Waals surface area (Å²) in [6.45, 7) is 5.61. The lowest BCUT2D eigenvalue weighted by molar-refractivity contribution is -0.122. The molecule has 0 radical (unpaired) electrons. The number of anilines is 2. The summed E-state index contributed by atoms with van der Waals surface area (Å²) in [5.74, 6) is -0.0438. The number of carbonyl (C=O) groups excluding carboxylic acids is 2. The Morgan fingerprint density at radius 1 is 0.900 bits per heavy atom. The highest BCUT2D eigenvalue weighted by Gasteiger charge is 2.16. The normalized spacial score (nSPS) is 11.5. The summed E-state index contributed by atoms with van der Waals surface area (Å²) in [6.07, 6.45) is -0.740. The van der Waals surface area contributed by atoms with Crippen LogP contribution in [0.5, 0.6) is 5.75 Å². The molecule has 5 nitrogen and oxygen atoms in total. The first-order valence-corrected chi connectivity index (χ1v) is 9.92. The predicted molar refractivity (Wildman–Crippen MR) is 120 cm³/mol. The van der Waals surface area contributed by atoms with Crippen LogP contribution in [0.25, 0.3) is 0 Å². The minimum absolute atomic E-state index is 0.210. The first kappa shape index (κ1) is 21.4. The van der Waals surface area contributed by atoms with Crippen LogP contribution < -0.4 is 15.4 Å². The van der Waals surface area contributed by atoms with Crippen LogP contribution >= 0.6 is 11.6 Å². The van der Waals surface area contributed by atoms with E-state index in [0.29, 0.717) is 22.0 Å².